The van der Waals surface area contributed by atoms with E-state index < -0.39 is 51.5 Å². The number of carbonyl (C=O) groups excluding carboxylic acids is 3. The molecule has 0 saturated heterocycles. The highest BCUT2D eigenvalue weighted by atomic mass is 32.2. The molecule has 13 nitrogen and oxygen atoms in total. The van der Waals surface area contributed by atoms with Crippen LogP contribution in [-0.4, -0.2) is 53.1 Å². The molecule has 262 valence electrons. The van der Waals surface area contributed by atoms with E-state index in [9.17, 15) is 27.6 Å². The molecule has 1 atom stereocenters. The van der Waals surface area contributed by atoms with Crippen LogP contribution >= 0.6 is 0 Å². The molecule has 0 aliphatic carbocycles. The molecule has 0 aliphatic rings. The summed E-state index contributed by atoms with van der Waals surface area (Å²) in [7, 11) is -4.23. The Hall–Kier alpha value is -5.99. The van der Waals surface area contributed by atoms with Crippen molar-refractivity contribution in [2.45, 2.75) is 38.4 Å². The summed E-state index contributed by atoms with van der Waals surface area (Å²) in [6.45, 7) is -0.505. The average Bonchev–Trinajstić information content (AvgIpc) is 3.15. The summed E-state index contributed by atoms with van der Waals surface area (Å²) in [5.41, 5.74) is 0.636. The average molecular weight is 709 g/mol. The molecule has 0 radical (unpaired) electrons. The second kappa shape index (κ2) is 17.6. The number of ether oxygens (including phenoxy) is 1. The van der Waals surface area contributed by atoms with E-state index in [2.05, 4.69) is 24.7 Å². The fourth-order valence-corrected chi connectivity index (χ4v) is 5.94. The molecule has 0 bridgehead atoms. The van der Waals surface area contributed by atoms with Crippen molar-refractivity contribution < 1.29 is 27.5 Å². The number of nitrogens with one attached hydrogen (secondary N) is 3. The highest BCUT2D eigenvalue weighted by Gasteiger charge is 2.28. The number of carbonyl (C=O) groups is 3. The molecule has 0 spiro atoms. The minimum absolute atomic E-state index is 0.0210. The second-order valence-corrected chi connectivity index (χ2v) is 12.9. The van der Waals surface area contributed by atoms with Crippen molar-refractivity contribution in [2.24, 2.45) is 0 Å². The van der Waals surface area contributed by atoms with Crippen LogP contribution in [0.2, 0.25) is 0 Å². The number of Topliss-reactive ketones (excluding diaryl/α,β-unsaturated/α-hetero) is 2. The molecule has 14 heteroatoms. The van der Waals surface area contributed by atoms with E-state index in [1.165, 1.54) is 0 Å². The van der Waals surface area contributed by atoms with Gasteiger partial charge < -0.3 is 10.1 Å². The van der Waals surface area contributed by atoms with E-state index in [0.717, 1.165) is 10.8 Å². The molecule has 1 unspecified atom stereocenters. The Labute approximate surface area is 294 Å². The minimum Gasteiger partial charge on any atom is -0.478 e. The van der Waals surface area contributed by atoms with Crippen molar-refractivity contribution in [1.82, 2.24) is 24.6 Å². The fourth-order valence-electron chi connectivity index (χ4n) is 5.08. The molecule has 3 aromatic carbocycles. The smallest absolute Gasteiger partial charge is 0.299 e. The second-order valence-electron chi connectivity index (χ2n) is 11.4. The number of aromatic nitrogens is 3. The third kappa shape index (κ3) is 10.7. The molecule has 0 fully saturated rings. The predicted octanol–water partition coefficient (Wildman–Crippen LogP) is 3.48. The van der Waals surface area contributed by atoms with Gasteiger partial charge in [-0.05, 0) is 23.6 Å². The Morgan fingerprint density at radius 1 is 0.804 bits per heavy atom. The van der Waals surface area contributed by atoms with Crippen LogP contribution in [0.1, 0.15) is 24.0 Å². The molecule has 2 aromatic heterocycles. The Morgan fingerprint density at radius 3 is 2.12 bits per heavy atom. The van der Waals surface area contributed by atoms with Crippen molar-refractivity contribution in [3.63, 3.8) is 0 Å². The van der Waals surface area contributed by atoms with Gasteiger partial charge in [0.05, 0.1) is 18.8 Å². The van der Waals surface area contributed by atoms with Gasteiger partial charge >= 0.3 is 0 Å². The van der Waals surface area contributed by atoms with E-state index in [1.807, 2.05) is 0 Å². The quantitative estimate of drug-likeness (QED) is 0.0908. The SMILES string of the molecule is O=C(Cn1c(-c2ccccc2)ncc(NS(=O)(=O)NCc2ccccc2)c1=O)NC(Cc1ccccc1)C(=O)C(=O)CCCOc1ccccn1. The number of anilines is 1. The summed E-state index contributed by atoms with van der Waals surface area (Å²) < 4.78 is 36.9. The molecule has 5 rings (SSSR count). The van der Waals surface area contributed by atoms with Gasteiger partial charge in [-0.3, -0.25) is 28.5 Å². The molecule has 0 saturated carbocycles. The third-order valence-electron chi connectivity index (χ3n) is 7.58. The van der Waals surface area contributed by atoms with Crippen molar-refractivity contribution in [3.8, 4) is 17.3 Å². The Balaban J connectivity index is 1.33. The Kier molecular flexibility index (Phi) is 12.5. The lowest BCUT2D eigenvalue weighted by atomic mass is 9.98. The van der Waals surface area contributed by atoms with Crippen LogP contribution in [0.25, 0.3) is 11.4 Å². The van der Waals surface area contributed by atoms with E-state index >= 15 is 0 Å². The van der Waals surface area contributed by atoms with Crippen molar-refractivity contribution in [1.29, 1.82) is 0 Å². The van der Waals surface area contributed by atoms with Crippen molar-refractivity contribution in [3.05, 3.63) is 143 Å². The summed E-state index contributed by atoms with van der Waals surface area (Å²) in [5, 5.41) is 2.63. The Morgan fingerprint density at radius 2 is 1.45 bits per heavy atom. The molecular formula is C37H36N6O7S. The lowest BCUT2D eigenvalue weighted by molar-refractivity contribution is -0.139. The number of pyridine rings is 1. The molecule has 2 heterocycles. The number of amides is 1. The summed E-state index contributed by atoms with van der Waals surface area (Å²) in [6, 6.07) is 30.2. The van der Waals surface area contributed by atoms with Gasteiger partial charge in [0.1, 0.15) is 18.1 Å². The first-order valence-corrected chi connectivity index (χ1v) is 17.6. The van der Waals surface area contributed by atoms with Gasteiger partial charge in [0.2, 0.25) is 23.4 Å². The predicted molar refractivity (Wildman–Crippen MR) is 191 cm³/mol. The fraction of sp³-hybridized carbons (Fsp3) is 0.189. The summed E-state index contributed by atoms with van der Waals surface area (Å²) in [6.07, 6.45) is 2.81. The largest absolute Gasteiger partial charge is 0.478 e. The highest BCUT2D eigenvalue weighted by molar-refractivity contribution is 7.90. The molecule has 51 heavy (non-hydrogen) atoms. The normalized spacial score (nSPS) is 11.7. The minimum atomic E-state index is -4.23. The van der Waals surface area contributed by atoms with Crippen molar-refractivity contribution >= 4 is 33.4 Å². The number of hydrogen-bond acceptors (Lipinski definition) is 9. The van der Waals surface area contributed by atoms with Gasteiger partial charge in [0.25, 0.3) is 15.8 Å². The first-order chi connectivity index (χ1) is 24.7. The maximum absolute atomic E-state index is 13.8. The van der Waals surface area contributed by atoms with Crippen LogP contribution in [0.15, 0.2) is 126 Å². The van der Waals surface area contributed by atoms with Crippen LogP contribution in [0.3, 0.4) is 0 Å². The standard InChI is InChI=1S/C37H36N6O7S/c44-32(19-12-22-50-34-20-10-11-21-38-34)35(46)30(23-27-13-4-1-5-14-27)41-33(45)26-43-36(29-17-8-3-9-18-29)39-25-31(37(43)47)42-51(48,49)40-24-28-15-6-2-7-16-28/h1-11,13-18,20-21,25,30,40,42H,12,19,22-24,26H2,(H,41,45). The van der Waals surface area contributed by atoms with Crippen LogP contribution < -0.4 is 25.1 Å². The monoisotopic (exact) mass is 708 g/mol. The van der Waals surface area contributed by atoms with Gasteiger partial charge in [-0.25, -0.2) is 9.97 Å². The maximum Gasteiger partial charge on any atom is 0.299 e. The van der Waals surface area contributed by atoms with Gasteiger partial charge in [-0.15, -0.1) is 0 Å². The van der Waals surface area contributed by atoms with Crippen LogP contribution in [0.5, 0.6) is 5.88 Å². The van der Waals surface area contributed by atoms with Gasteiger partial charge in [0.15, 0.2) is 0 Å². The maximum atomic E-state index is 13.8. The number of benzene rings is 3. The van der Waals surface area contributed by atoms with Crippen LogP contribution in [0, 0.1) is 0 Å². The van der Waals surface area contributed by atoms with E-state index in [1.54, 1.807) is 115 Å². The number of rotatable bonds is 18. The molecule has 3 N–H and O–H groups in total. The van der Waals surface area contributed by atoms with Crippen LogP contribution in [0.4, 0.5) is 5.69 Å². The van der Waals surface area contributed by atoms with Gasteiger partial charge in [0, 0.05) is 37.2 Å². The summed E-state index contributed by atoms with van der Waals surface area (Å²) in [4.78, 5) is 62.2. The molecular weight excluding hydrogens is 673 g/mol. The lowest BCUT2D eigenvalue weighted by Gasteiger charge is -2.19. The van der Waals surface area contributed by atoms with Crippen LogP contribution in [-0.2, 0) is 44.1 Å². The molecule has 0 aliphatic heterocycles. The third-order valence-corrected chi connectivity index (χ3v) is 8.59. The number of ketones is 2. The van der Waals surface area contributed by atoms with Gasteiger partial charge in [-0.2, -0.15) is 13.1 Å². The van der Waals surface area contributed by atoms with E-state index in [0.29, 0.717) is 22.6 Å². The first-order valence-electron chi connectivity index (χ1n) is 16.1. The number of nitrogens with zero attached hydrogens (tertiary/aromatic N) is 3. The zero-order valence-electron chi connectivity index (χ0n) is 27.5. The number of hydrogen-bond donors (Lipinski definition) is 3. The summed E-state index contributed by atoms with van der Waals surface area (Å²) in [5.74, 6) is -1.77. The van der Waals surface area contributed by atoms with Crippen molar-refractivity contribution in [2.75, 3.05) is 11.3 Å². The lowest BCUT2D eigenvalue weighted by Crippen LogP contribution is -2.47. The zero-order valence-corrected chi connectivity index (χ0v) is 28.3. The van der Waals surface area contributed by atoms with E-state index in [-0.39, 0.29) is 38.2 Å². The van der Waals surface area contributed by atoms with Gasteiger partial charge in [-0.1, -0.05) is 97.1 Å². The topological polar surface area (TPSA) is 178 Å². The Bertz CT molecular complexity index is 2100. The first kappa shape index (κ1) is 36.3. The highest BCUT2D eigenvalue weighted by Crippen LogP contribution is 2.17. The summed E-state index contributed by atoms with van der Waals surface area (Å²) >= 11 is 0. The van der Waals surface area contributed by atoms with E-state index in [4.69, 9.17) is 4.74 Å². The molecule has 5 aromatic rings. The zero-order chi connectivity index (χ0) is 36.1. The molecule has 1 amide bonds.